The molecule has 4 nitrogen and oxygen atoms in total. The number of hydrogen-bond acceptors (Lipinski definition) is 4. The van der Waals surface area contributed by atoms with Gasteiger partial charge >= 0.3 is 0 Å². The SMILES string of the molecule is CNc1cnc(N2CCOCC2)c2cc(C(C)(C)C)ccc12. The molecule has 1 aromatic heterocycles. The Morgan fingerprint density at radius 1 is 1.14 bits per heavy atom. The van der Waals surface area contributed by atoms with Crippen molar-refractivity contribution >= 4 is 22.3 Å². The van der Waals surface area contributed by atoms with E-state index in [1.807, 2.05) is 13.2 Å². The number of aromatic nitrogens is 1. The Morgan fingerprint density at radius 2 is 1.86 bits per heavy atom. The maximum Gasteiger partial charge on any atom is 0.136 e. The zero-order valence-corrected chi connectivity index (χ0v) is 13.9. The van der Waals surface area contributed by atoms with E-state index in [4.69, 9.17) is 9.72 Å². The molecule has 0 bridgehead atoms. The molecular formula is C18H25N3O. The quantitative estimate of drug-likeness (QED) is 0.922. The lowest BCUT2D eigenvalue weighted by molar-refractivity contribution is 0.122. The van der Waals surface area contributed by atoms with Gasteiger partial charge in [0.05, 0.1) is 25.1 Å². The molecule has 0 atom stereocenters. The minimum absolute atomic E-state index is 0.131. The molecule has 0 radical (unpaired) electrons. The molecule has 0 saturated carbocycles. The summed E-state index contributed by atoms with van der Waals surface area (Å²) in [6, 6.07) is 6.74. The molecule has 3 rings (SSSR count). The molecule has 1 aliphatic heterocycles. The number of fused-ring (bicyclic) bond motifs is 1. The molecule has 1 aliphatic rings. The third-order valence-electron chi connectivity index (χ3n) is 4.31. The molecule has 0 amide bonds. The molecular weight excluding hydrogens is 274 g/mol. The molecule has 1 N–H and O–H groups in total. The summed E-state index contributed by atoms with van der Waals surface area (Å²) in [4.78, 5) is 7.06. The van der Waals surface area contributed by atoms with Crippen molar-refractivity contribution in [1.82, 2.24) is 4.98 Å². The molecule has 1 saturated heterocycles. The van der Waals surface area contributed by atoms with Crippen molar-refractivity contribution < 1.29 is 4.74 Å². The molecule has 0 spiro atoms. The van der Waals surface area contributed by atoms with Crippen molar-refractivity contribution in [1.29, 1.82) is 0 Å². The van der Waals surface area contributed by atoms with Gasteiger partial charge < -0.3 is 15.0 Å². The van der Waals surface area contributed by atoms with Gasteiger partial charge in [-0.25, -0.2) is 4.98 Å². The van der Waals surface area contributed by atoms with Gasteiger partial charge in [0.15, 0.2) is 0 Å². The lowest BCUT2D eigenvalue weighted by atomic mass is 9.86. The van der Waals surface area contributed by atoms with Gasteiger partial charge in [-0.2, -0.15) is 0 Å². The zero-order valence-electron chi connectivity index (χ0n) is 13.9. The lowest BCUT2D eigenvalue weighted by Crippen LogP contribution is -2.36. The number of morpholine rings is 1. The summed E-state index contributed by atoms with van der Waals surface area (Å²) in [6.07, 6.45) is 1.93. The van der Waals surface area contributed by atoms with Crippen LogP contribution < -0.4 is 10.2 Å². The first-order chi connectivity index (χ1) is 10.5. The van der Waals surface area contributed by atoms with E-state index in [0.717, 1.165) is 37.8 Å². The largest absolute Gasteiger partial charge is 0.386 e. The summed E-state index contributed by atoms with van der Waals surface area (Å²) in [5.74, 6) is 1.07. The average molecular weight is 299 g/mol. The molecule has 118 valence electrons. The number of rotatable bonds is 2. The second-order valence-electron chi connectivity index (χ2n) is 6.86. The molecule has 2 heterocycles. The predicted molar refractivity (Wildman–Crippen MR) is 93.0 cm³/mol. The van der Waals surface area contributed by atoms with E-state index in [0.29, 0.717) is 0 Å². The molecule has 1 aromatic carbocycles. The first-order valence-electron chi connectivity index (χ1n) is 7.94. The van der Waals surface area contributed by atoms with E-state index < -0.39 is 0 Å². The smallest absolute Gasteiger partial charge is 0.136 e. The highest BCUT2D eigenvalue weighted by molar-refractivity contribution is 6.00. The normalized spacial score (nSPS) is 16.1. The molecule has 2 aromatic rings. The van der Waals surface area contributed by atoms with Crippen LogP contribution in [0.15, 0.2) is 24.4 Å². The highest BCUT2D eigenvalue weighted by Gasteiger charge is 2.19. The standard InChI is InChI=1S/C18H25N3O/c1-18(2,3)13-5-6-14-15(11-13)17(20-12-16(14)19-4)21-7-9-22-10-8-21/h5-6,11-12,19H,7-10H2,1-4H3. The van der Waals surface area contributed by atoms with E-state index in [-0.39, 0.29) is 5.41 Å². The van der Waals surface area contributed by atoms with Crippen molar-refractivity contribution in [2.24, 2.45) is 0 Å². The minimum Gasteiger partial charge on any atom is -0.386 e. The summed E-state index contributed by atoms with van der Waals surface area (Å²) in [7, 11) is 1.95. The predicted octanol–water partition coefficient (Wildman–Crippen LogP) is 3.41. The van der Waals surface area contributed by atoms with Crippen LogP contribution >= 0.6 is 0 Å². The Kier molecular flexibility index (Phi) is 3.96. The first kappa shape index (κ1) is 15.1. The van der Waals surface area contributed by atoms with E-state index in [9.17, 15) is 0 Å². The van der Waals surface area contributed by atoms with E-state index in [1.54, 1.807) is 0 Å². The number of benzene rings is 1. The van der Waals surface area contributed by atoms with Crippen LogP contribution in [0, 0.1) is 0 Å². The van der Waals surface area contributed by atoms with Gasteiger partial charge in [0.1, 0.15) is 5.82 Å². The Labute approximate surface area is 132 Å². The average Bonchev–Trinajstić information content (AvgIpc) is 2.53. The number of nitrogens with one attached hydrogen (secondary N) is 1. The minimum atomic E-state index is 0.131. The number of nitrogens with zero attached hydrogens (tertiary/aromatic N) is 2. The number of anilines is 2. The maximum absolute atomic E-state index is 5.47. The fourth-order valence-corrected chi connectivity index (χ4v) is 2.92. The lowest BCUT2D eigenvalue weighted by Gasteiger charge is -2.29. The summed E-state index contributed by atoms with van der Waals surface area (Å²) in [5.41, 5.74) is 2.54. The Balaban J connectivity index is 2.18. The number of pyridine rings is 1. The zero-order chi connectivity index (χ0) is 15.7. The third-order valence-corrected chi connectivity index (χ3v) is 4.31. The van der Waals surface area contributed by atoms with Crippen LogP contribution in [0.1, 0.15) is 26.3 Å². The maximum atomic E-state index is 5.47. The third kappa shape index (κ3) is 2.75. The summed E-state index contributed by atoms with van der Waals surface area (Å²) >= 11 is 0. The monoisotopic (exact) mass is 299 g/mol. The fourth-order valence-electron chi connectivity index (χ4n) is 2.92. The van der Waals surface area contributed by atoms with E-state index in [1.165, 1.54) is 16.3 Å². The van der Waals surface area contributed by atoms with Crippen LogP contribution in [0.5, 0.6) is 0 Å². The number of ether oxygens (including phenoxy) is 1. The fraction of sp³-hybridized carbons (Fsp3) is 0.500. The number of hydrogen-bond donors (Lipinski definition) is 1. The second kappa shape index (κ2) is 5.76. The van der Waals surface area contributed by atoms with Crippen molar-refractivity contribution in [3.05, 3.63) is 30.0 Å². The molecule has 0 aliphatic carbocycles. The molecule has 0 unspecified atom stereocenters. The van der Waals surface area contributed by atoms with Crippen molar-refractivity contribution in [2.75, 3.05) is 43.6 Å². The van der Waals surface area contributed by atoms with Crippen molar-refractivity contribution in [3.8, 4) is 0 Å². The van der Waals surface area contributed by atoms with Crippen LogP contribution in [0.3, 0.4) is 0 Å². The second-order valence-corrected chi connectivity index (χ2v) is 6.86. The van der Waals surface area contributed by atoms with Crippen LogP contribution in [0.25, 0.3) is 10.8 Å². The van der Waals surface area contributed by atoms with E-state index in [2.05, 4.69) is 49.2 Å². The Morgan fingerprint density at radius 3 is 2.50 bits per heavy atom. The van der Waals surface area contributed by atoms with E-state index >= 15 is 0 Å². The molecule has 1 fully saturated rings. The Bertz CT molecular complexity index is 670. The van der Waals surface area contributed by atoms with Crippen molar-refractivity contribution in [2.45, 2.75) is 26.2 Å². The summed E-state index contributed by atoms with van der Waals surface area (Å²) in [5, 5.41) is 5.70. The van der Waals surface area contributed by atoms with Crippen LogP contribution in [-0.4, -0.2) is 38.3 Å². The first-order valence-corrected chi connectivity index (χ1v) is 7.94. The molecule has 4 heteroatoms. The van der Waals surface area contributed by atoms with Gasteiger partial charge in [0.25, 0.3) is 0 Å². The van der Waals surface area contributed by atoms with Crippen LogP contribution in [0.4, 0.5) is 11.5 Å². The van der Waals surface area contributed by atoms with Gasteiger partial charge in [-0.05, 0) is 17.0 Å². The van der Waals surface area contributed by atoms with Gasteiger partial charge in [-0.15, -0.1) is 0 Å². The van der Waals surface area contributed by atoms with Gasteiger partial charge in [0.2, 0.25) is 0 Å². The summed E-state index contributed by atoms with van der Waals surface area (Å²) < 4.78 is 5.47. The topological polar surface area (TPSA) is 37.4 Å². The van der Waals surface area contributed by atoms with Gasteiger partial charge in [-0.1, -0.05) is 32.9 Å². The highest BCUT2D eigenvalue weighted by Crippen LogP contribution is 2.34. The van der Waals surface area contributed by atoms with Crippen LogP contribution in [0.2, 0.25) is 0 Å². The van der Waals surface area contributed by atoms with Gasteiger partial charge in [0, 0.05) is 30.9 Å². The van der Waals surface area contributed by atoms with Crippen LogP contribution in [-0.2, 0) is 10.2 Å². The van der Waals surface area contributed by atoms with Crippen molar-refractivity contribution in [3.63, 3.8) is 0 Å². The summed E-state index contributed by atoms with van der Waals surface area (Å²) in [6.45, 7) is 10.1. The Hall–Kier alpha value is -1.81. The highest BCUT2D eigenvalue weighted by atomic mass is 16.5. The molecule has 22 heavy (non-hydrogen) atoms. The van der Waals surface area contributed by atoms with Gasteiger partial charge in [-0.3, -0.25) is 0 Å².